The molecule has 1 fully saturated rings. The Morgan fingerprint density at radius 2 is 1.11 bits per heavy atom. The van der Waals surface area contributed by atoms with E-state index in [-0.39, 0.29) is 32.2 Å². The molecule has 23 N–H and O–H groups in total. The van der Waals surface area contributed by atoms with Crippen molar-refractivity contribution >= 4 is 123 Å². The number of para-hydroxylation sites is 1. The van der Waals surface area contributed by atoms with Crippen LogP contribution in [0.2, 0.25) is 0 Å². The number of carboxylic acids is 4. The zero-order valence-electron chi connectivity index (χ0n) is 63.7. The third-order valence-electron chi connectivity index (χ3n) is 18.1. The number of esters is 1. The highest BCUT2D eigenvalue weighted by Crippen LogP contribution is 2.21. The number of amides is 14. The van der Waals surface area contributed by atoms with E-state index in [9.17, 15) is 117 Å². The third-order valence-corrected chi connectivity index (χ3v) is 18.1. The van der Waals surface area contributed by atoms with Crippen molar-refractivity contribution < 1.29 is 121 Å². The van der Waals surface area contributed by atoms with Crippen LogP contribution in [0.3, 0.4) is 0 Å². The lowest BCUT2D eigenvalue weighted by atomic mass is 9.95. The first-order chi connectivity index (χ1) is 52.8. The van der Waals surface area contributed by atoms with E-state index in [0.717, 1.165) is 52.4 Å². The second-order valence-corrected chi connectivity index (χ2v) is 27.8. The first-order valence-corrected chi connectivity index (χ1v) is 36.9. The fourth-order valence-electron chi connectivity index (χ4n) is 11.6. The summed E-state index contributed by atoms with van der Waals surface area (Å²) in [5.41, 5.74) is 12.5. The van der Waals surface area contributed by atoms with E-state index >= 15 is 0 Å². The van der Waals surface area contributed by atoms with E-state index in [1.54, 1.807) is 30.5 Å². The molecule has 14 amide bonds. The highest BCUT2D eigenvalue weighted by molar-refractivity contribution is 6.01. The summed E-state index contributed by atoms with van der Waals surface area (Å²) in [6, 6.07) is -14.1. The monoisotopic (exact) mass is 1580 g/mol. The summed E-state index contributed by atoms with van der Waals surface area (Å²) in [5, 5.41) is 78.9. The van der Waals surface area contributed by atoms with Crippen LogP contribution in [0.4, 0.5) is 0 Å². The standard InChI is InChI=1S/C71H108N16O25/c1-8-36(4)18-13-11-9-10-12-14-22-51(90)79-45(27-40-31-74-42-20-16-15-19-41(40)42)66(106)81-44(23-24-54(93)94)64(104)83-46(28-50(73)89)67(107)87-60-39(7)112-71(111)58(35(2)3)85-70(110)59(37(5)26-55(95)96)86-68(108)49(34-88)80-53(92)32-75-62(102)47(29-56(97)98)82-61(101)38(6)77-65(105)48(30-57(99)100)84-63(103)43(21-17-25-72)78-52(91)33-76-69(60)109/h15-16,19-20,31,35-39,43-49,58-60,74,88H,8-14,17-18,21-30,32-34,72H2,1-7H3,(H2,73,89)(H,75,102)(H,76,109)(H,77,105)(H,78,91)(H,79,90)(H,80,92)(H,81,106)(H,82,101)(H,83,104)(H,84,103)(H,85,110)(H,86,108)(H,87,107)(H,93,94)(H,95,96)(H,97,98)(H,99,100). The molecular weight excluding hydrogens is 1480 g/mol. The van der Waals surface area contributed by atoms with Gasteiger partial charge in [0.1, 0.15) is 72.6 Å². The molecule has 1 aromatic heterocycles. The molecule has 0 bridgehead atoms. The number of aromatic amines is 1. The number of fused-ring (bicyclic) bond motifs is 1. The van der Waals surface area contributed by atoms with Crippen molar-refractivity contribution in [1.82, 2.24) is 74.1 Å². The lowest BCUT2D eigenvalue weighted by molar-refractivity contribution is -0.157. The average molecular weight is 1590 g/mol. The molecule has 0 saturated carbocycles. The highest BCUT2D eigenvalue weighted by atomic mass is 16.5. The summed E-state index contributed by atoms with van der Waals surface area (Å²) in [6.07, 6.45) is 0.561. The highest BCUT2D eigenvalue weighted by Gasteiger charge is 2.41. The Morgan fingerprint density at radius 1 is 0.554 bits per heavy atom. The van der Waals surface area contributed by atoms with E-state index in [1.165, 1.54) is 20.8 Å². The Morgan fingerprint density at radius 3 is 1.70 bits per heavy atom. The van der Waals surface area contributed by atoms with Gasteiger partial charge in [0.15, 0.2) is 0 Å². The maximum atomic E-state index is 14.7. The number of nitrogens with two attached hydrogens (primary N) is 2. The molecule has 1 saturated heterocycles. The summed E-state index contributed by atoms with van der Waals surface area (Å²) in [6.45, 7) is 6.54. The Labute approximate surface area is 644 Å². The number of carbonyl (C=O) groups excluding carboxylic acids is 15. The lowest BCUT2D eigenvalue weighted by Crippen LogP contribution is -2.62. The molecule has 622 valence electrons. The van der Waals surface area contributed by atoms with Crippen LogP contribution >= 0.6 is 0 Å². The normalized spacial score (nSPS) is 21.9. The van der Waals surface area contributed by atoms with E-state index in [2.05, 4.69) is 72.0 Å². The van der Waals surface area contributed by atoms with Crippen LogP contribution < -0.4 is 80.6 Å². The number of ether oxygens (including phenoxy) is 1. The molecule has 0 radical (unpaired) electrons. The molecule has 3 rings (SSSR count). The third kappa shape index (κ3) is 33.8. The van der Waals surface area contributed by atoms with Gasteiger partial charge in [-0.3, -0.25) is 86.3 Å². The van der Waals surface area contributed by atoms with Gasteiger partial charge in [-0.2, -0.15) is 0 Å². The van der Waals surface area contributed by atoms with Crippen LogP contribution in [0.15, 0.2) is 30.5 Å². The van der Waals surface area contributed by atoms with Gasteiger partial charge in [0.25, 0.3) is 0 Å². The predicted molar refractivity (Wildman–Crippen MR) is 394 cm³/mol. The fraction of sp³-hybridized carbons (Fsp3) is 0.620. The number of aliphatic hydroxyl groups is 1. The van der Waals surface area contributed by atoms with Crippen molar-refractivity contribution in [2.45, 2.75) is 237 Å². The van der Waals surface area contributed by atoms with Crippen molar-refractivity contribution in [2.24, 2.45) is 29.2 Å². The summed E-state index contributed by atoms with van der Waals surface area (Å²) in [5.74, 6) is -27.1. The maximum Gasteiger partial charge on any atom is 0.329 e. The molecule has 0 aliphatic carbocycles. The quantitative estimate of drug-likeness (QED) is 0.0226. The number of carbonyl (C=O) groups is 19. The molecule has 1 aromatic carbocycles. The zero-order valence-corrected chi connectivity index (χ0v) is 63.7. The molecule has 2 heterocycles. The van der Waals surface area contributed by atoms with Gasteiger partial charge in [-0.1, -0.05) is 97.8 Å². The van der Waals surface area contributed by atoms with Crippen molar-refractivity contribution in [3.63, 3.8) is 0 Å². The second kappa shape index (κ2) is 48.3. The molecule has 41 nitrogen and oxygen atoms in total. The largest absolute Gasteiger partial charge is 0.481 e. The first kappa shape index (κ1) is 94.8. The minimum atomic E-state index is -2.28. The smallest absolute Gasteiger partial charge is 0.329 e. The Hall–Kier alpha value is -11.4. The number of primary amides is 1. The molecular formula is C71H108N16O25. The van der Waals surface area contributed by atoms with Gasteiger partial charge in [-0.15, -0.1) is 0 Å². The molecule has 2 aromatic rings. The van der Waals surface area contributed by atoms with Crippen LogP contribution in [0, 0.1) is 17.8 Å². The average Bonchev–Trinajstić information content (AvgIpc) is 1.67. The van der Waals surface area contributed by atoms with E-state index in [4.69, 9.17) is 16.2 Å². The summed E-state index contributed by atoms with van der Waals surface area (Å²) >= 11 is 0. The first-order valence-electron chi connectivity index (χ1n) is 36.9. The van der Waals surface area contributed by atoms with E-state index in [1.807, 2.05) is 16.0 Å². The predicted octanol–water partition coefficient (Wildman–Crippen LogP) is -4.40. The van der Waals surface area contributed by atoms with E-state index < -0.39 is 255 Å². The van der Waals surface area contributed by atoms with Crippen molar-refractivity contribution in [3.05, 3.63) is 36.0 Å². The number of cyclic esters (lactones) is 1. The van der Waals surface area contributed by atoms with Crippen molar-refractivity contribution in [3.8, 4) is 0 Å². The van der Waals surface area contributed by atoms with Crippen molar-refractivity contribution in [2.75, 3.05) is 26.2 Å². The number of nitrogens with one attached hydrogen (secondary N) is 14. The summed E-state index contributed by atoms with van der Waals surface area (Å²) in [4.78, 5) is 260. The second-order valence-electron chi connectivity index (χ2n) is 27.8. The van der Waals surface area contributed by atoms with Gasteiger partial charge in [0.05, 0.1) is 45.4 Å². The van der Waals surface area contributed by atoms with Gasteiger partial charge in [0.2, 0.25) is 82.7 Å². The Bertz CT molecular complexity index is 3660. The molecule has 1 aliphatic rings. The molecule has 1 aliphatic heterocycles. The number of unbranched alkanes of at least 4 members (excludes halogenated alkanes) is 5. The van der Waals surface area contributed by atoms with Crippen molar-refractivity contribution in [1.29, 1.82) is 0 Å². The number of aromatic nitrogens is 1. The molecule has 41 heteroatoms. The molecule has 0 spiro atoms. The fourth-order valence-corrected chi connectivity index (χ4v) is 11.6. The molecule has 112 heavy (non-hydrogen) atoms. The minimum absolute atomic E-state index is 0.0121. The number of H-pyrrole nitrogens is 1. The number of carboxylic acid groups (broad SMARTS) is 4. The maximum absolute atomic E-state index is 14.7. The number of rotatable bonds is 36. The number of aliphatic hydroxyl groups excluding tert-OH is 1. The lowest BCUT2D eigenvalue weighted by Gasteiger charge is -2.31. The number of benzene rings is 1. The molecule has 14 atom stereocenters. The van der Waals surface area contributed by atoms with Gasteiger partial charge >= 0.3 is 29.8 Å². The number of hydrogen-bond donors (Lipinski definition) is 21. The minimum Gasteiger partial charge on any atom is -0.481 e. The van der Waals surface area contributed by atoms with Crippen LogP contribution in [-0.2, 0) is 102 Å². The van der Waals surface area contributed by atoms with Crippen LogP contribution in [0.1, 0.15) is 163 Å². The van der Waals surface area contributed by atoms with Gasteiger partial charge in [-0.25, -0.2) is 4.79 Å². The van der Waals surface area contributed by atoms with Gasteiger partial charge in [0, 0.05) is 36.4 Å². The SMILES string of the molecule is CCC(C)CCCCCCCCC(=O)NC(Cc1c[nH]c2ccccc12)C(=O)NC(CCC(=O)O)C(=O)NC(CC(N)=O)C(=O)NC1C(=O)NCC(=O)NC(CCCN)C(=O)NC(CC(=O)O)C(=O)NC(C)C(=O)NC(CC(=O)O)C(=O)NCC(=O)NC(CO)C(=O)NC(C(C)CC(=O)O)C(=O)NC(C(C)C)C(=O)OC1C. The topological polar surface area (TPSA) is 659 Å². The van der Waals surface area contributed by atoms with Crippen LogP contribution in [-0.4, -0.2) is 242 Å². The van der Waals surface area contributed by atoms with Crippen LogP contribution in [0.25, 0.3) is 10.9 Å². The number of hydrogen-bond acceptors (Lipinski definition) is 22. The molecule has 14 unspecified atom stereocenters. The zero-order chi connectivity index (χ0) is 84.1. The Balaban J connectivity index is 2.17. The number of aliphatic carboxylic acids is 4. The van der Waals surface area contributed by atoms with E-state index in [0.29, 0.717) is 35.2 Å². The summed E-state index contributed by atoms with van der Waals surface area (Å²) < 4.78 is 5.70. The van der Waals surface area contributed by atoms with Crippen LogP contribution in [0.5, 0.6) is 0 Å². The van der Waals surface area contributed by atoms with Gasteiger partial charge in [-0.05, 0) is 75.5 Å². The van der Waals surface area contributed by atoms with Gasteiger partial charge < -0.3 is 116 Å². The Kier molecular flexibility index (Phi) is 40.9. The summed E-state index contributed by atoms with van der Waals surface area (Å²) in [7, 11) is 0.